The molecule has 0 aliphatic heterocycles. The maximum Gasteiger partial charge on any atom is 0.176 e. The number of anilines is 1. The Morgan fingerprint density at radius 3 is 2.05 bits per heavy atom. The minimum absolute atomic E-state index is 0.187. The Balaban J connectivity index is 2.56. The average molecular weight is 262 g/mol. The number of carbonyl (C=O) groups excluding carboxylic acids is 1. The van der Waals surface area contributed by atoms with Gasteiger partial charge in [-0.05, 0) is 50.2 Å². The van der Waals surface area contributed by atoms with E-state index in [0.29, 0.717) is 12.2 Å². The summed E-state index contributed by atoms with van der Waals surface area (Å²) in [6, 6.07) is 7.20. The van der Waals surface area contributed by atoms with Crippen molar-refractivity contribution in [2.75, 3.05) is 25.4 Å². The predicted octanol–water partition coefficient (Wildman–Crippen LogP) is 3.35. The lowest BCUT2D eigenvalue weighted by molar-refractivity contribution is 0.0928. The molecule has 3 nitrogen and oxygen atoms in total. The van der Waals surface area contributed by atoms with E-state index in [9.17, 15) is 4.79 Å². The lowest BCUT2D eigenvalue weighted by Crippen LogP contribution is -2.31. The molecule has 0 saturated carbocycles. The van der Waals surface area contributed by atoms with E-state index in [-0.39, 0.29) is 5.78 Å². The van der Waals surface area contributed by atoms with Crippen LogP contribution in [-0.4, -0.2) is 30.3 Å². The fourth-order valence-corrected chi connectivity index (χ4v) is 2.00. The molecular weight excluding hydrogens is 236 g/mol. The van der Waals surface area contributed by atoms with Gasteiger partial charge in [0, 0.05) is 11.3 Å². The molecule has 0 aliphatic rings. The van der Waals surface area contributed by atoms with Gasteiger partial charge in [-0.2, -0.15) is 0 Å². The monoisotopic (exact) mass is 262 g/mol. The first-order valence-corrected chi connectivity index (χ1v) is 7.28. The van der Waals surface area contributed by atoms with Crippen molar-refractivity contribution in [3.8, 4) is 0 Å². The largest absolute Gasteiger partial charge is 0.399 e. The van der Waals surface area contributed by atoms with Gasteiger partial charge >= 0.3 is 0 Å². The minimum Gasteiger partial charge on any atom is -0.399 e. The summed E-state index contributed by atoms with van der Waals surface area (Å²) in [5.41, 5.74) is 7.09. The highest BCUT2D eigenvalue weighted by molar-refractivity contribution is 5.97. The lowest BCUT2D eigenvalue weighted by Gasteiger charge is -2.21. The van der Waals surface area contributed by atoms with E-state index in [1.54, 1.807) is 12.1 Å². The SMILES string of the molecule is CCCCN(CCCC)CC(=O)c1ccc(N)cc1. The number of rotatable bonds is 9. The molecule has 0 bridgehead atoms. The van der Waals surface area contributed by atoms with Gasteiger partial charge in [0.15, 0.2) is 5.78 Å². The zero-order valence-corrected chi connectivity index (χ0v) is 12.2. The Labute approximate surface area is 116 Å². The number of Topliss-reactive ketones (excluding diaryl/α,β-unsaturated/α-hetero) is 1. The Morgan fingerprint density at radius 1 is 1.05 bits per heavy atom. The number of carbonyl (C=O) groups is 1. The van der Waals surface area contributed by atoms with Crippen molar-refractivity contribution in [1.82, 2.24) is 4.90 Å². The molecule has 0 aliphatic carbocycles. The minimum atomic E-state index is 0.187. The summed E-state index contributed by atoms with van der Waals surface area (Å²) in [5, 5.41) is 0. The molecule has 3 heteroatoms. The molecule has 1 aromatic carbocycles. The number of hydrogen-bond acceptors (Lipinski definition) is 3. The van der Waals surface area contributed by atoms with E-state index < -0.39 is 0 Å². The Kier molecular flexibility index (Phi) is 7.19. The normalized spacial score (nSPS) is 10.9. The maximum atomic E-state index is 12.2. The number of ketones is 1. The van der Waals surface area contributed by atoms with Gasteiger partial charge in [0.2, 0.25) is 0 Å². The molecule has 106 valence electrons. The third-order valence-corrected chi connectivity index (χ3v) is 3.26. The van der Waals surface area contributed by atoms with Crippen LogP contribution < -0.4 is 5.73 Å². The second-order valence-corrected chi connectivity index (χ2v) is 5.03. The number of nitrogens with zero attached hydrogens (tertiary/aromatic N) is 1. The highest BCUT2D eigenvalue weighted by Crippen LogP contribution is 2.08. The molecule has 0 unspecified atom stereocenters. The molecule has 1 rings (SSSR count). The van der Waals surface area contributed by atoms with Gasteiger partial charge in [-0.25, -0.2) is 0 Å². The van der Waals surface area contributed by atoms with Crippen molar-refractivity contribution in [2.45, 2.75) is 39.5 Å². The molecule has 0 spiro atoms. The topological polar surface area (TPSA) is 46.3 Å². The summed E-state index contributed by atoms with van der Waals surface area (Å²) in [7, 11) is 0. The van der Waals surface area contributed by atoms with Gasteiger partial charge in [-0.15, -0.1) is 0 Å². The van der Waals surface area contributed by atoms with Crippen molar-refractivity contribution in [2.24, 2.45) is 0 Å². The summed E-state index contributed by atoms with van der Waals surface area (Å²) in [5.74, 6) is 0.187. The quantitative estimate of drug-likeness (QED) is 0.548. The molecule has 2 N–H and O–H groups in total. The van der Waals surface area contributed by atoms with Gasteiger partial charge in [-0.3, -0.25) is 9.69 Å². The van der Waals surface area contributed by atoms with Crippen LogP contribution >= 0.6 is 0 Å². The Bertz CT molecular complexity index is 365. The Hall–Kier alpha value is -1.35. The number of hydrogen-bond donors (Lipinski definition) is 1. The highest BCUT2D eigenvalue weighted by atomic mass is 16.1. The summed E-state index contributed by atoms with van der Waals surface area (Å²) >= 11 is 0. The first-order chi connectivity index (χ1) is 9.17. The molecule has 0 heterocycles. The molecule has 1 aromatic rings. The van der Waals surface area contributed by atoms with Gasteiger partial charge in [0.25, 0.3) is 0 Å². The van der Waals surface area contributed by atoms with Gasteiger partial charge in [0.1, 0.15) is 0 Å². The maximum absolute atomic E-state index is 12.2. The van der Waals surface area contributed by atoms with Crippen LogP contribution in [0.15, 0.2) is 24.3 Å². The van der Waals surface area contributed by atoms with Crippen molar-refractivity contribution >= 4 is 11.5 Å². The molecule has 0 radical (unpaired) electrons. The van der Waals surface area contributed by atoms with Crippen molar-refractivity contribution in [3.05, 3.63) is 29.8 Å². The van der Waals surface area contributed by atoms with Crippen LogP contribution in [0.25, 0.3) is 0 Å². The van der Waals surface area contributed by atoms with E-state index >= 15 is 0 Å². The van der Waals surface area contributed by atoms with Crippen LogP contribution in [0.3, 0.4) is 0 Å². The second kappa shape index (κ2) is 8.70. The summed E-state index contributed by atoms with van der Waals surface area (Å²) in [6.45, 7) is 6.90. The van der Waals surface area contributed by atoms with Crippen molar-refractivity contribution in [1.29, 1.82) is 0 Å². The van der Waals surface area contributed by atoms with E-state index in [4.69, 9.17) is 5.73 Å². The second-order valence-electron chi connectivity index (χ2n) is 5.03. The van der Waals surface area contributed by atoms with Crippen LogP contribution in [0.4, 0.5) is 5.69 Å². The zero-order chi connectivity index (χ0) is 14.1. The first kappa shape index (κ1) is 15.7. The highest BCUT2D eigenvalue weighted by Gasteiger charge is 2.11. The number of nitrogen functional groups attached to an aromatic ring is 1. The van der Waals surface area contributed by atoms with E-state index in [0.717, 1.165) is 31.5 Å². The van der Waals surface area contributed by atoms with Crippen LogP contribution in [0.1, 0.15) is 49.9 Å². The third-order valence-electron chi connectivity index (χ3n) is 3.26. The molecule has 0 aromatic heterocycles. The van der Waals surface area contributed by atoms with Gasteiger partial charge in [-0.1, -0.05) is 26.7 Å². The summed E-state index contributed by atoms with van der Waals surface area (Å²) in [6.07, 6.45) is 4.63. The zero-order valence-electron chi connectivity index (χ0n) is 12.2. The van der Waals surface area contributed by atoms with Crippen molar-refractivity contribution in [3.63, 3.8) is 0 Å². The standard InChI is InChI=1S/C16H26N2O/c1-3-5-11-18(12-6-4-2)13-16(19)14-7-9-15(17)10-8-14/h7-10H,3-6,11-13,17H2,1-2H3. The van der Waals surface area contributed by atoms with E-state index in [1.165, 1.54) is 12.8 Å². The molecule has 0 fully saturated rings. The van der Waals surface area contributed by atoms with Crippen molar-refractivity contribution < 1.29 is 4.79 Å². The number of benzene rings is 1. The van der Waals surface area contributed by atoms with E-state index in [1.807, 2.05) is 12.1 Å². The summed E-state index contributed by atoms with van der Waals surface area (Å²) in [4.78, 5) is 14.5. The summed E-state index contributed by atoms with van der Waals surface area (Å²) < 4.78 is 0. The first-order valence-electron chi connectivity index (χ1n) is 7.28. The lowest BCUT2D eigenvalue weighted by atomic mass is 10.1. The molecule has 19 heavy (non-hydrogen) atoms. The van der Waals surface area contributed by atoms with Gasteiger partial charge in [0.05, 0.1) is 6.54 Å². The van der Waals surface area contributed by atoms with Crippen LogP contribution in [0, 0.1) is 0 Å². The predicted molar refractivity (Wildman–Crippen MR) is 81.4 cm³/mol. The van der Waals surface area contributed by atoms with Crippen LogP contribution in [0.5, 0.6) is 0 Å². The van der Waals surface area contributed by atoms with Gasteiger partial charge < -0.3 is 5.73 Å². The van der Waals surface area contributed by atoms with E-state index in [2.05, 4.69) is 18.7 Å². The average Bonchev–Trinajstić information content (AvgIpc) is 2.42. The fourth-order valence-electron chi connectivity index (χ4n) is 2.00. The van der Waals surface area contributed by atoms with Crippen LogP contribution in [0.2, 0.25) is 0 Å². The smallest absolute Gasteiger partial charge is 0.176 e. The third kappa shape index (κ3) is 5.88. The molecule has 0 saturated heterocycles. The van der Waals surface area contributed by atoms with Crippen LogP contribution in [-0.2, 0) is 0 Å². The number of unbranched alkanes of at least 4 members (excludes halogenated alkanes) is 2. The fraction of sp³-hybridized carbons (Fsp3) is 0.562. The molecular formula is C16H26N2O. The number of nitrogens with two attached hydrogens (primary N) is 1. The molecule has 0 atom stereocenters. The Morgan fingerprint density at radius 2 is 1.58 bits per heavy atom. The molecule has 0 amide bonds.